The molecule has 8 heteroatoms. The van der Waals surface area contributed by atoms with Crippen molar-refractivity contribution in [2.75, 3.05) is 6.54 Å². The highest BCUT2D eigenvalue weighted by Gasteiger charge is 2.24. The van der Waals surface area contributed by atoms with Crippen molar-refractivity contribution < 1.29 is 13.6 Å². The number of hydrogen-bond acceptors (Lipinski definition) is 6. The molecule has 0 radical (unpaired) electrons. The molecule has 1 N–H and O–H groups in total. The molecule has 33 heavy (non-hydrogen) atoms. The molecular weight excluding hydrogens is 420 g/mol. The van der Waals surface area contributed by atoms with Crippen molar-refractivity contribution in [3.8, 4) is 0 Å². The predicted octanol–water partition coefficient (Wildman–Crippen LogP) is 4.24. The molecule has 1 saturated heterocycles. The SMILES string of the molecule is CC[C@H]1CCCCN1Cc1ccc(CNC(=O)c2c(C)oc3ncn(CC(C)C)c(=O)c23)o1. The minimum atomic E-state index is -0.368. The van der Waals surface area contributed by atoms with Crippen LogP contribution in [0.15, 0.2) is 32.1 Å². The second-order valence-electron chi connectivity index (χ2n) is 9.39. The van der Waals surface area contributed by atoms with Gasteiger partial charge in [0, 0.05) is 12.6 Å². The van der Waals surface area contributed by atoms with E-state index in [1.165, 1.54) is 30.2 Å². The molecule has 3 aromatic rings. The van der Waals surface area contributed by atoms with E-state index in [1.54, 1.807) is 6.92 Å². The third-order valence-corrected chi connectivity index (χ3v) is 6.36. The number of likely N-dealkylation sites (tertiary alicyclic amines) is 1. The first-order chi connectivity index (χ1) is 15.9. The number of aryl methyl sites for hydroxylation is 1. The summed E-state index contributed by atoms with van der Waals surface area (Å²) in [5, 5.41) is 3.10. The Morgan fingerprint density at radius 1 is 1.24 bits per heavy atom. The van der Waals surface area contributed by atoms with Crippen molar-refractivity contribution in [1.29, 1.82) is 0 Å². The maximum Gasteiger partial charge on any atom is 0.265 e. The Hall–Kier alpha value is -2.87. The molecule has 0 aliphatic carbocycles. The summed E-state index contributed by atoms with van der Waals surface area (Å²) >= 11 is 0. The number of carbonyl (C=O) groups excluding carboxylic acids is 1. The predicted molar refractivity (Wildman–Crippen MR) is 126 cm³/mol. The summed E-state index contributed by atoms with van der Waals surface area (Å²) in [5.74, 6) is 1.88. The first-order valence-electron chi connectivity index (χ1n) is 12.0. The van der Waals surface area contributed by atoms with Crippen LogP contribution in [0.5, 0.6) is 0 Å². The summed E-state index contributed by atoms with van der Waals surface area (Å²) in [6.45, 7) is 10.6. The van der Waals surface area contributed by atoms with Crippen LogP contribution in [-0.2, 0) is 19.6 Å². The average molecular weight is 455 g/mol. The van der Waals surface area contributed by atoms with Crippen molar-refractivity contribution in [2.45, 2.75) is 79.1 Å². The smallest absolute Gasteiger partial charge is 0.265 e. The molecule has 3 aromatic heterocycles. The Morgan fingerprint density at radius 3 is 2.79 bits per heavy atom. The lowest BCUT2D eigenvalue weighted by Crippen LogP contribution is -2.38. The lowest BCUT2D eigenvalue weighted by Gasteiger charge is -2.34. The van der Waals surface area contributed by atoms with Gasteiger partial charge in [-0.05, 0) is 50.8 Å². The van der Waals surface area contributed by atoms with Crippen molar-refractivity contribution in [3.63, 3.8) is 0 Å². The number of furan rings is 2. The van der Waals surface area contributed by atoms with Crippen LogP contribution in [0.1, 0.15) is 74.1 Å². The summed E-state index contributed by atoms with van der Waals surface area (Å²) in [7, 11) is 0. The van der Waals surface area contributed by atoms with Gasteiger partial charge in [-0.1, -0.05) is 27.2 Å². The van der Waals surface area contributed by atoms with Gasteiger partial charge in [0.25, 0.3) is 11.5 Å². The highest BCUT2D eigenvalue weighted by atomic mass is 16.3. The van der Waals surface area contributed by atoms with E-state index < -0.39 is 0 Å². The van der Waals surface area contributed by atoms with E-state index in [1.807, 2.05) is 26.0 Å². The molecule has 1 aliphatic heterocycles. The van der Waals surface area contributed by atoms with Gasteiger partial charge in [-0.3, -0.25) is 19.1 Å². The first-order valence-corrected chi connectivity index (χ1v) is 12.0. The van der Waals surface area contributed by atoms with Crippen molar-refractivity contribution in [1.82, 2.24) is 19.8 Å². The second kappa shape index (κ2) is 9.95. The van der Waals surface area contributed by atoms with Crippen LogP contribution in [0.2, 0.25) is 0 Å². The van der Waals surface area contributed by atoms with Gasteiger partial charge in [0.2, 0.25) is 5.71 Å². The molecule has 8 nitrogen and oxygen atoms in total. The highest BCUT2D eigenvalue weighted by Crippen LogP contribution is 2.23. The molecule has 0 unspecified atom stereocenters. The summed E-state index contributed by atoms with van der Waals surface area (Å²) in [6.07, 6.45) is 6.39. The van der Waals surface area contributed by atoms with Crippen LogP contribution in [0.4, 0.5) is 0 Å². The Bertz CT molecular complexity index is 1170. The van der Waals surface area contributed by atoms with E-state index in [2.05, 4.69) is 22.1 Å². The zero-order chi connectivity index (χ0) is 23.5. The zero-order valence-corrected chi connectivity index (χ0v) is 20.0. The maximum atomic E-state index is 13.0. The van der Waals surface area contributed by atoms with E-state index in [4.69, 9.17) is 8.83 Å². The minimum Gasteiger partial charge on any atom is -0.463 e. The average Bonchev–Trinajstić information content (AvgIpc) is 3.38. The van der Waals surface area contributed by atoms with Crippen molar-refractivity contribution in [3.05, 3.63) is 51.7 Å². The van der Waals surface area contributed by atoms with Crippen LogP contribution in [0.25, 0.3) is 11.1 Å². The molecular formula is C25H34N4O4. The number of aromatic nitrogens is 2. The zero-order valence-electron chi connectivity index (χ0n) is 20.0. The number of nitrogens with one attached hydrogen (secondary N) is 1. The molecule has 4 rings (SSSR count). The summed E-state index contributed by atoms with van der Waals surface area (Å²) in [6, 6.07) is 4.49. The number of nitrogens with zero attached hydrogens (tertiary/aromatic N) is 3. The van der Waals surface area contributed by atoms with Gasteiger partial charge in [-0.2, -0.15) is 0 Å². The Morgan fingerprint density at radius 2 is 2.03 bits per heavy atom. The third kappa shape index (κ3) is 5.05. The number of hydrogen-bond donors (Lipinski definition) is 1. The van der Waals surface area contributed by atoms with Gasteiger partial charge in [0.1, 0.15) is 29.0 Å². The summed E-state index contributed by atoms with van der Waals surface area (Å²) in [4.78, 5) is 32.7. The molecule has 0 spiro atoms. The van der Waals surface area contributed by atoms with Gasteiger partial charge < -0.3 is 14.2 Å². The molecule has 1 fully saturated rings. The molecule has 1 atom stereocenters. The summed E-state index contributed by atoms with van der Waals surface area (Å²) in [5.41, 5.74) is 0.171. The van der Waals surface area contributed by atoms with Gasteiger partial charge in [-0.25, -0.2) is 4.98 Å². The number of piperidine rings is 1. The fourth-order valence-corrected chi connectivity index (χ4v) is 4.72. The molecule has 1 amide bonds. The van der Waals surface area contributed by atoms with Crippen LogP contribution in [0.3, 0.4) is 0 Å². The molecule has 0 aromatic carbocycles. The molecule has 0 bridgehead atoms. The summed E-state index contributed by atoms with van der Waals surface area (Å²) < 4.78 is 13.1. The number of carbonyl (C=O) groups is 1. The molecule has 1 aliphatic rings. The Balaban J connectivity index is 1.46. The number of rotatable bonds is 8. The van der Waals surface area contributed by atoms with E-state index in [0.29, 0.717) is 24.1 Å². The topological polar surface area (TPSA) is 93.5 Å². The molecule has 0 saturated carbocycles. The number of fused-ring (bicyclic) bond motifs is 1. The highest BCUT2D eigenvalue weighted by molar-refractivity contribution is 6.06. The fourth-order valence-electron chi connectivity index (χ4n) is 4.72. The van der Waals surface area contributed by atoms with E-state index >= 15 is 0 Å². The normalized spacial score (nSPS) is 17.2. The quantitative estimate of drug-likeness (QED) is 0.547. The monoisotopic (exact) mass is 454 g/mol. The van der Waals surface area contributed by atoms with Gasteiger partial charge in [-0.15, -0.1) is 0 Å². The second-order valence-corrected chi connectivity index (χ2v) is 9.39. The third-order valence-electron chi connectivity index (χ3n) is 6.36. The van der Waals surface area contributed by atoms with Crippen LogP contribution < -0.4 is 10.9 Å². The Kier molecular flexibility index (Phi) is 7.02. The van der Waals surface area contributed by atoms with Gasteiger partial charge in [0.05, 0.1) is 18.7 Å². The maximum absolute atomic E-state index is 13.0. The fraction of sp³-hybridized carbons (Fsp3) is 0.560. The largest absolute Gasteiger partial charge is 0.463 e. The van der Waals surface area contributed by atoms with E-state index in [0.717, 1.165) is 25.3 Å². The van der Waals surface area contributed by atoms with E-state index in [-0.39, 0.29) is 40.6 Å². The Labute approximate surface area is 194 Å². The van der Waals surface area contributed by atoms with Crippen LogP contribution >= 0.6 is 0 Å². The number of amides is 1. The van der Waals surface area contributed by atoms with Gasteiger partial charge in [0.15, 0.2) is 0 Å². The van der Waals surface area contributed by atoms with Crippen LogP contribution in [-0.4, -0.2) is 32.9 Å². The van der Waals surface area contributed by atoms with Crippen LogP contribution in [0, 0.1) is 12.8 Å². The minimum absolute atomic E-state index is 0.190. The van der Waals surface area contributed by atoms with Crippen molar-refractivity contribution >= 4 is 17.0 Å². The first kappa shape index (κ1) is 23.3. The molecule has 4 heterocycles. The van der Waals surface area contributed by atoms with Crippen molar-refractivity contribution in [2.24, 2.45) is 5.92 Å². The molecule has 178 valence electrons. The lowest BCUT2D eigenvalue weighted by molar-refractivity contribution is 0.0946. The standard InChI is InChI=1S/C25H34N4O4/c1-5-18-8-6-7-11-28(18)14-20-10-9-19(33-20)12-26-23(30)21-17(4)32-24-22(21)25(31)29(15-27-24)13-16(2)3/h9-10,15-16,18H,5-8,11-14H2,1-4H3,(H,26,30)/t18-/m0/s1. The van der Waals surface area contributed by atoms with Gasteiger partial charge >= 0.3 is 0 Å². The lowest BCUT2D eigenvalue weighted by atomic mass is 10.00. The van der Waals surface area contributed by atoms with E-state index in [9.17, 15) is 9.59 Å².